The Hall–Kier alpha value is -1.66. The Labute approximate surface area is 131 Å². The second-order valence-electron chi connectivity index (χ2n) is 6.21. The predicted molar refractivity (Wildman–Crippen MR) is 84.1 cm³/mol. The highest BCUT2D eigenvalue weighted by molar-refractivity contribution is 5.79. The molecule has 0 aliphatic carbocycles. The second-order valence-corrected chi connectivity index (χ2v) is 6.21. The van der Waals surface area contributed by atoms with E-state index < -0.39 is 0 Å². The number of carbonyl (C=O) groups excluding carboxylic acids is 1. The Bertz CT molecular complexity index is 529. The molecule has 2 aliphatic heterocycles. The summed E-state index contributed by atoms with van der Waals surface area (Å²) in [6.07, 6.45) is 1.73. The van der Waals surface area contributed by atoms with Gasteiger partial charge in [0.25, 0.3) is 0 Å². The number of nitrogens with zero attached hydrogens (tertiary/aromatic N) is 3. The molecule has 0 aromatic carbocycles. The van der Waals surface area contributed by atoms with E-state index in [-0.39, 0.29) is 17.9 Å². The van der Waals surface area contributed by atoms with Crippen molar-refractivity contribution in [1.82, 2.24) is 14.8 Å². The maximum Gasteiger partial charge on any atom is 0.225 e. The summed E-state index contributed by atoms with van der Waals surface area (Å²) in [4.78, 5) is 21.3. The van der Waals surface area contributed by atoms with E-state index in [0.717, 1.165) is 31.6 Å². The predicted octanol–water partition coefficient (Wildman–Crippen LogP) is 0.905. The number of nitrogens with two attached hydrogens (primary N) is 1. The summed E-state index contributed by atoms with van der Waals surface area (Å²) >= 11 is 0. The van der Waals surface area contributed by atoms with Crippen molar-refractivity contribution in [2.24, 2.45) is 5.92 Å². The number of hydrogen-bond acceptors (Lipinski definition) is 5. The van der Waals surface area contributed by atoms with Crippen LogP contribution in [0.3, 0.4) is 0 Å². The van der Waals surface area contributed by atoms with Gasteiger partial charge in [-0.3, -0.25) is 4.79 Å². The Morgan fingerprint density at radius 2 is 2.09 bits per heavy atom. The van der Waals surface area contributed by atoms with Crippen molar-refractivity contribution >= 4 is 11.7 Å². The fourth-order valence-corrected chi connectivity index (χ4v) is 3.19. The smallest absolute Gasteiger partial charge is 0.225 e. The fourth-order valence-electron chi connectivity index (χ4n) is 3.19. The third-order valence-corrected chi connectivity index (χ3v) is 4.57. The van der Waals surface area contributed by atoms with Gasteiger partial charge in [0.2, 0.25) is 5.91 Å². The van der Waals surface area contributed by atoms with Crippen LogP contribution >= 0.6 is 0 Å². The summed E-state index contributed by atoms with van der Waals surface area (Å²) in [5.41, 5.74) is 6.54. The number of piperidine rings is 1. The Morgan fingerprint density at radius 1 is 1.32 bits per heavy atom. The lowest BCUT2D eigenvalue weighted by molar-refractivity contribution is -0.144. The first-order chi connectivity index (χ1) is 10.6. The third kappa shape index (κ3) is 3.39. The zero-order valence-corrected chi connectivity index (χ0v) is 13.1. The monoisotopic (exact) mass is 304 g/mol. The SMILES string of the molecule is CN1CCC(C(=O)N2CCO[C@@H](c3cccc(N)n3)C2)CC1. The number of nitrogen functional groups attached to an aromatic ring is 1. The summed E-state index contributed by atoms with van der Waals surface area (Å²) < 4.78 is 5.78. The quantitative estimate of drug-likeness (QED) is 0.879. The van der Waals surface area contributed by atoms with Crippen LogP contribution in [0.5, 0.6) is 0 Å². The molecular formula is C16H24N4O2. The topological polar surface area (TPSA) is 71.7 Å². The van der Waals surface area contributed by atoms with Gasteiger partial charge in [0.05, 0.1) is 18.8 Å². The van der Waals surface area contributed by atoms with Crippen LogP contribution in [0, 0.1) is 5.92 Å². The number of rotatable bonds is 2. The summed E-state index contributed by atoms with van der Waals surface area (Å²) in [5, 5.41) is 0. The zero-order valence-electron chi connectivity index (χ0n) is 13.1. The van der Waals surface area contributed by atoms with E-state index in [9.17, 15) is 4.79 Å². The molecule has 120 valence electrons. The molecule has 1 aromatic heterocycles. The van der Waals surface area contributed by atoms with Gasteiger partial charge in [0.15, 0.2) is 0 Å². The van der Waals surface area contributed by atoms with Gasteiger partial charge in [0, 0.05) is 12.5 Å². The van der Waals surface area contributed by atoms with Crippen molar-refractivity contribution in [2.75, 3.05) is 45.6 Å². The lowest BCUT2D eigenvalue weighted by atomic mass is 9.95. The molecule has 2 N–H and O–H groups in total. The van der Waals surface area contributed by atoms with Crippen LogP contribution in [0.1, 0.15) is 24.6 Å². The van der Waals surface area contributed by atoms with Gasteiger partial charge >= 0.3 is 0 Å². The van der Waals surface area contributed by atoms with Crippen molar-refractivity contribution in [1.29, 1.82) is 0 Å². The average molecular weight is 304 g/mol. The highest BCUT2D eigenvalue weighted by Gasteiger charge is 2.32. The number of ether oxygens (including phenoxy) is 1. The van der Waals surface area contributed by atoms with Crippen LogP contribution in [-0.4, -0.2) is 60.5 Å². The number of hydrogen-bond donors (Lipinski definition) is 1. The highest BCUT2D eigenvalue weighted by atomic mass is 16.5. The van der Waals surface area contributed by atoms with Crippen LogP contribution in [0.15, 0.2) is 18.2 Å². The van der Waals surface area contributed by atoms with Gasteiger partial charge in [-0.05, 0) is 45.1 Å². The van der Waals surface area contributed by atoms with E-state index in [4.69, 9.17) is 10.5 Å². The number of likely N-dealkylation sites (tertiary alicyclic amines) is 1. The Balaban J connectivity index is 1.64. The van der Waals surface area contributed by atoms with Gasteiger partial charge in [-0.1, -0.05) is 6.07 Å². The van der Waals surface area contributed by atoms with Crippen molar-refractivity contribution in [3.63, 3.8) is 0 Å². The molecule has 22 heavy (non-hydrogen) atoms. The largest absolute Gasteiger partial charge is 0.384 e. The van der Waals surface area contributed by atoms with Gasteiger partial charge in [-0.15, -0.1) is 0 Å². The average Bonchev–Trinajstić information content (AvgIpc) is 2.55. The summed E-state index contributed by atoms with van der Waals surface area (Å²) in [7, 11) is 2.11. The van der Waals surface area contributed by atoms with E-state index in [1.54, 1.807) is 6.07 Å². The van der Waals surface area contributed by atoms with Crippen molar-refractivity contribution in [3.8, 4) is 0 Å². The van der Waals surface area contributed by atoms with E-state index in [2.05, 4.69) is 16.9 Å². The van der Waals surface area contributed by atoms with Crippen molar-refractivity contribution in [2.45, 2.75) is 18.9 Å². The van der Waals surface area contributed by atoms with Crippen LogP contribution in [0.4, 0.5) is 5.82 Å². The van der Waals surface area contributed by atoms with Crippen LogP contribution in [0.25, 0.3) is 0 Å². The first-order valence-electron chi connectivity index (χ1n) is 7.95. The standard InChI is InChI=1S/C16H24N4O2/c1-19-7-5-12(6-8-19)16(21)20-9-10-22-14(11-20)13-3-2-4-15(17)18-13/h2-4,12,14H,5-11H2,1H3,(H2,17,18)/t14-/m1/s1. The lowest BCUT2D eigenvalue weighted by Gasteiger charge is -2.37. The number of aromatic nitrogens is 1. The van der Waals surface area contributed by atoms with Gasteiger partial charge in [0.1, 0.15) is 11.9 Å². The Kier molecular flexibility index (Phi) is 4.59. The molecule has 2 saturated heterocycles. The number of carbonyl (C=O) groups is 1. The second kappa shape index (κ2) is 6.62. The molecule has 2 fully saturated rings. The normalized spacial score (nSPS) is 24.4. The fraction of sp³-hybridized carbons (Fsp3) is 0.625. The van der Waals surface area contributed by atoms with Crippen LogP contribution in [-0.2, 0) is 9.53 Å². The first kappa shape index (κ1) is 15.2. The maximum absolute atomic E-state index is 12.7. The number of pyridine rings is 1. The van der Waals surface area contributed by atoms with E-state index in [0.29, 0.717) is 25.5 Å². The van der Waals surface area contributed by atoms with Crippen LogP contribution in [0.2, 0.25) is 0 Å². The minimum atomic E-state index is -0.174. The molecule has 6 nitrogen and oxygen atoms in total. The number of amides is 1. The van der Waals surface area contributed by atoms with E-state index in [1.165, 1.54) is 0 Å². The van der Waals surface area contributed by atoms with Crippen molar-refractivity contribution in [3.05, 3.63) is 23.9 Å². The zero-order chi connectivity index (χ0) is 15.5. The molecule has 1 amide bonds. The maximum atomic E-state index is 12.7. The third-order valence-electron chi connectivity index (χ3n) is 4.57. The number of morpholine rings is 1. The molecule has 0 spiro atoms. The molecule has 2 aliphatic rings. The minimum Gasteiger partial charge on any atom is -0.384 e. The van der Waals surface area contributed by atoms with E-state index >= 15 is 0 Å². The molecule has 0 bridgehead atoms. The highest BCUT2D eigenvalue weighted by Crippen LogP contribution is 2.25. The van der Waals surface area contributed by atoms with Gasteiger partial charge in [-0.25, -0.2) is 4.98 Å². The summed E-state index contributed by atoms with van der Waals surface area (Å²) in [5.74, 6) is 0.911. The molecular weight excluding hydrogens is 280 g/mol. The lowest BCUT2D eigenvalue weighted by Crippen LogP contribution is -2.47. The minimum absolute atomic E-state index is 0.156. The molecule has 1 aromatic rings. The molecule has 3 rings (SSSR count). The summed E-state index contributed by atoms with van der Waals surface area (Å²) in [6.45, 7) is 3.80. The van der Waals surface area contributed by atoms with Crippen molar-refractivity contribution < 1.29 is 9.53 Å². The molecule has 3 heterocycles. The number of anilines is 1. The van der Waals surface area contributed by atoms with Gasteiger partial charge in [-0.2, -0.15) is 0 Å². The van der Waals surface area contributed by atoms with Crippen LogP contribution < -0.4 is 5.73 Å². The molecule has 0 radical (unpaired) electrons. The molecule has 6 heteroatoms. The Morgan fingerprint density at radius 3 is 2.82 bits per heavy atom. The first-order valence-corrected chi connectivity index (χ1v) is 7.95. The summed E-state index contributed by atoms with van der Waals surface area (Å²) in [6, 6.07) is 5.54. The molecule has 0 saturated carbocycles. The molecule has 1 atom stereocenters. The van der Waals surface area contributed by atoms with E-state index in [1.807, 2.05) is 17.0 Å². The molecule has 0 unspecified atom stereocenters. The van der Waals surface area contributed by atoms with Gasteiger partial charge < -0.3 is 20.3 Å².